The number of hydrogen-bond acceptors (Lipinski definition) is 3. The summed E-state index contributed by atoms with van der Waals surface area (Å²) in [6, 6.07) is 0. The average molecular weight is 199 g/mol. The number of halogens is 1. The second-order valence-electron chi connectivity index (χ2n) is 2.70. The summed E-state index contributed by atoms with van der Waals surface area (Å²) in [6.45, 7) is 2.22. The van der Waals surface area contributed by atoms with Gasteiger partial charge in [0.05, 0.1) is 12.7 Å². The Morgan fingerprint density at radius 2 is 2.27 bits per heavy atom. The van der Waals surface area contributed by atoms with Crippen molar-refractivity contribution in [1.29, 1.82) is 0 Å². The van der Waals surface area contributed by atoms with Gasteiger partial charge in [-0.05, 0) is 12.8 Å². The summed E-state index contributed by atoms with van der Waals surface area (Å²) >= 11 is 0. The van der Waals surface area contributed by atoms with Gasteiger partial charge in [0, 0.05) is 10.7 Å². The summed E-state index contributed by atoms with van der Waals surface area (Å²) in [6.07, 6.45) is 1.47. The number of ether oxygens (including phenoxy) is 1. The zero-order valence-corrected chi connectivity index (χ0v) is 7.86. The zero-order chi connectivity index (χ0) is 8.48. The van der Waals surface area contributed by atoms with E-state index in [0.717, 1.165) is 6.42 Å². The Hall–Kier alpha value is 0.200. The van der Waals surface area contributed by atoms with Crippen LogP contribution >= 0.6 is 10.7 Å². The standard InChI is InChI=1S/C6H11ClO3S/c1-2-5-3-6(4-10-5)11(7,8)9/h5-6H,2-4H2,1H3. The molecule has 11 heavy (non-hydrogen) atoms. The smallest absolute Gasteiger partial charge is 0.237 e. The minimum absolute atomic E-state index is 0.0773. The molecule has 0 aromatic rings. The van der Waals surface area contributed by atoms with Crippen LogP contribution in [-0.4, -0.2) is 26.4 Å². The molecule has 1 saturated heterocycles. The molecule has 3 nitrogen and oxygen atoms in total. The highest BCUT2D eigenvalue weighted by atomic mass is 35.7. The topological polar surface area (TPSA) is 43.4 Å². The molecule has 1 rings (SSSR count). The van der Waals surface area contributed by atoms with Crippen LogP contribution in [0.15, 0.2) is 0 Å². The highest BCUT2D eigenvalue weighted by molar-refractivity contribution is 8.14. The van der Waals surface area contributed by atoms with Gasteiger partial charge in [0.1, 0.15) is 5.25 Å². The van der Waals surface area contributed by atoms with Gasteiger partial charge in [-0.1, -0.05) is 6.92 Å². The van der Waals surface area contributed by atoms with Gasteiger partial charge in [-0.25, -0.2) is 8.42 Å². The van der Waals surface area contributed by atoms with E-state index in [-0.39, 0.29) is 12.7 Å². The quantitative estimate of drug-likeness (QED) is 0.625. The first kappa shape index (κ1) is 9.29. The first-order chi connectivity index (χ1) is 5.04. The van der Waals surface area contributed by atoms with E-state index in [1.54, 1.807) is 0 Å². The van der Waals surface area contributed by atoms with Gasteiger partial charge >= 0.3 is 0 Å². The SMILES string of the molecule is CCC1CC(S(=O)(=O)Cl)CO1. The van der Waals surface area contributed by atoms with Crippen LogP contribution < -0.4 is 0 Å². The van der Waals surface area contributed by atoms with Crippen LogP contribution in [0.4, 0.5) is 0 Å². The molecular weight excluding hydrogens is 188 g/mol. The van der Waals surface area contributed by atoms with Crippen molar-refractivity contribution in [2.45, 2.75) is 31.1 Å². The second-order valence-corrected chi connectivity index (χ2v) is 5.61. The summed E-state index contributed by atoms with van der Waals surface area (Å²) in [7, 11) is 1.76. The Morgan fingerprint density at radius 3 is 2.55 bits per heavy atom. The lowest BCUT2D eigenvalue weighted by atomic mass is 10.2. The third-order valence-electron chi connectivity index (χ3n) is 1.90. The van der Waals surface area contributed by atoms with Crippen molar-refractivity contribution in [2.75, 3.05) is 6.61 Å². The summed E-state index contributed by atoms with van der Waals surface area (Å²) in [5.41, 5.74) is 0. The normalized spacial score (nSPS) is 32.5. The molecule has 0 saturated carbocycles. The predicted octanol–water partition coefficient (Wildman–Crippen LogP) is 1.12. The van der Waals surface area contributed by atoms with Crippen LogP contribution in [0.2, 0.25) is 0 Å². The molecule has 0 bridgehead atoms. The van der Waals surface area contributed by atoms with Crippen LogP contribution in [0.3, 0.4) is 0 Å². The minimum atomic E-state index is -3.40. The largest absolute Gasteiger partial charge is 0.377 e. The van der Waals surface area contributed by atoms with Crippen LogP contribution in [-0.2, 0) is 13.8 Å². The fraction of sp³-hybridized carbons (Fsp3) is 1.00. The molecular formula is C6H11ClO3S. The second kappa shape index (κ2) is 3.29. The van der Waals surface area contributed by atoms with Gasteiger partial charge in [-0.15, -0.1) is 0 Å². The van der Waals surface area contributed by atoms with Gasteiger partial charge in [-0.2, -0.15) is 0 Å². The van der Waals surface area contributed by atoms with Crippen LogP contribution in [0.25, 0.3) is 0 Å². The average Bonchev–Trinajstić information content (AvgIpc) is 2.32. The maximum Gasteiger partial charge on any atom is 0.237 e. The molecule has 0 amide bonds. The third kappa shape index (κ3) is 2.32. The fourth-order valence-corrected chi connectivity index (χ4v) is 2.21. The molecule has 0 spiro atoms. The van der Waals surface area contributed by atoms with Crippen LogP contribution in [0.5, 0.6) is 0 Å². The Bertz CT molecular complexity index is 224. The van der Waals surface area contributed by atoms with Crippen LogP contribution in [0, 0.1) is 0 Å². The zero-order valence-electron chi connectivity index (χ0n) is 6.29. The van der Waals surface area contributed by atoms with Crippen molar-refractivity contribution in [1.82, 2.24) is 0 Å². The maximum atomic E-state index is 10.8. The van der Waals surface area contributed by atoms with E-state index in [2.05, 4.69) is 0 Å². The van der Waals surface area contributed by atoms with Gasteiger partial charge in [0.15, 0.2) is 0 Å². The predicted molar refractivity (Wildman–Crippen MR) is 43.2 cm³/mol. The van der Waals surface area contributed by atoms with E-state index in [4.69, 9.17) is 15.4 Å². The Kier molecular flexibility index (Phi) is 2.78. The molecule has 0 N–H and O–H groups in total. The van der Waals surface area contributed by atoms with Crippen molar-refractivity contribution in [3.63, 3.8) is 0 Å². The van der Waals surface area contributed by atoms with E-state index < -0.39 is 14.3 Å². The molecule has 66 valence electrons. The molecule has 0 aromatic carbocycles. The Morgan fingerprint density at radius 1 is 1.64 bits per heavy atom. The number of rotatable bonds is 2. The lowest BCUT2D eigenvalue weighted by Crippen LogP contribution is -2.15. The minimum Gasteiger partial charge on any atom is -0.377 e. The lowest BCUT2D eigenvalue weighted by Gasteiger charge is -2.02. The fourth-order valence-electron chi connectivity index (χ4n) is 1.15. The van der Waals surface area contributed by atoms with Crippen molar-refractivity contribution in [3.05, 3.63) is 0 Å². The maximum absolute atomic E-state index is 10.8. The van der Waals surface area contributed by atoms with Crippen molar-refractivity contribution in [2.24, 2.45) is 0 Å². The molecule has 0 aromatic heterocycles. The van der Waals surface area contributed by atoms with E-state index in [1.165, 1.54) is 0 Å². The number of hydrogen-bond donors (Lipinski definition) is 0. The van der Waals surface area contributed by atoms with E-state index in [0.29, 0.717) is 6.42 Å². The van der Waals surface area contributed by atoms with Gasteiger partial charge < -0.3 is 4.74 Å². The molecule has 0 aliphatic carbocycles. The highest BCUT2D eigenvalue weighted by Gasteiger charge is 2.32. The summed E-state index contributed by atoms with van der Waals surface area (Å²) < 4.78 is 26.7. The first-order valence-corrected chi connectivity index (χ1v) is 5.96. The van der Waals surface area contributed by atoms with Gasteiger partial charge in [0.25, 0.3) is 0 Å². The van der Waals surface area contributed by atoms with Crippen LogP contribution in [0.1, 0.15) is 19.8 Å². The van der Waals surface area contributed by atoms with E-state index >= 15 is 0 Å². The Balaban J connectivity index is 2.55. The highest BCUT2D eigenvalue weighted by Crippen LogP contribution is 2.23. The third-order valence-corrected chi connectivity index (χ3v) is 3.78. The molecule has 1 aliphatic rings. The summed E-state index contributed by atoms with van der Waals surface area (Å²) in [5.74, 6) is 0. The summed E-state index contributed by atoms with van der Waals surface area (Å²) in [4.78, 5) is 0. The van der Waals surface area contributed by atoms with Gasteiger partial charge in [-0.3, -0.25) is 0 Å². The lowest BCUT2D eigenvalue weighted by molar-refractivity contribution is 0.108. The molecule has 0 radical (unpaired) electrons. The molecule has 2 atom stereocenters. The molecule has 1 fully saturated rings. The first-order valence-electron chi connectivity index (χ1n) is 3.59. The molecule has 2 unspecified atom stereocenters. The Labute approximate surface area is 71.1 Å². The monoisotopic (exact) mass is 198 g/mol. The molecule has 1 heterocycles. The van der Waals surface area contributed by atoms with Crippen molar-refractivity contribution >= 4 is 19.7 Å². The van der Waals surface area contributed by atoms with E-state index in [9.17, 15) is 8.42 Å². The summed E-state index contributed by atoms with van der Waals surface area (Å²) in [5, 5.41) is -0.492. The molecule has 5 heteroatoms. The van der Waals surface area contributed by atoms with Crippen molar-refractivity contribution in [3.8, 4) is 0 Å². The van der Waals surface area contributed by atoms with E-state index in [1.807, 2.05) is 6.92 Å². The van der Waals surface area contributed by atoms with Gasteiger partial charge in [0.2, 0.25) is 9.05 Å². The molecule has 1 aliphatic heterocycles. The van der Waals surface area contributed by atoms with Crippen molar-refractivity contribution < 1.29 is 13.2 Å².